The fraction of sp³-hybridized carbons (Fsp3) is 0.333. The average Bonchev–Trinajstić information content (AvgIpc) is 3.24. The molecular formula is C21H25N3O4. The normalized spacial score (nSPS) is 17.1. The first-order chi connectivity index (χ1) is 13.6. The highest BCUT2D eigenvalue weighted by molar-refractivity contribution is 5.94. The molecule has 2 aromatic rings. The van der Waals surface area contributed by atoms with Crippen LogP contribution in [0.1, 0.15) is 27.9 Å². The van der Waals surface area contributed by atoms with Crippen molar-refractivity contribution in [1.29, 1.82) is 0 Å². The third-order valence-corrected chi connectivity index (χ3v) is 5.06. The molecule has 1 heterocycles. The SMILES string of the molecule is NNC(=O)c1cccc(OCc2cccc(C[C@H](C(=O)O)[C@H]3CCNC3)c2)c1. The van der Waals surface area contributed by atoms with Crippen LogP contribution in [0.4, 0.5) is 0 Å². The molecule has 2 atom stereocenters. The van der Waals surface area contributed by atoms with Crippen molar-refractivity contribution in [3.05, 3.63) is 65.2 Å². The number of carboxylic acid groups (broad SMARTS) is 1. The van der Waals surface area contributed by atoms with Gasteiger partial charge in [0, 0.05) is 5.56 Å². The molecule has 0 aromatic heterocycles. The Balaban J connectivity index is 1.64. The summed E-state index contributed by atoms with van der Waals surface area (Å²) in [6.45, 7) is 1.96. The molecule has 28 heavy (non-hydrogen) atoms. The number of carboxylic acids is 1. The second-order valence-electron chi connectivity index (χ2n) is 7.01. The summed E-state index contributed by atoms with van der Waals surface area (Å²) in [7, 11) is 0. The molecule has 0 spiro atoms. The van der Waals surface area contributed by atoms with Gasteiger partial charge < -0.3 is 15.2 Å². The van der Waals surface area contributed by atoms with E-state index in [1.165, 1.54) is 0 Å². The van der Waals surface area contributed by atoms with Crippen LogP contribution in [0, 0.1) is 11.8 Å². The monoisotopic (exact) mass is 383 g/mol. The molecule has 0 unspecified atom stereocenters. The maximum absolute atomic E-state index is 11.7. The molecule has 2 aromatic carbocycles. The van der Waals surface area contributed by atoms with E-state index in [0.29, 0.717) is 24.3 Å². The van der Waals surface area contributed by atoms with Crippen LogP contribution < -0.4 is 21.3 Å². The predicted octanol–water partition coefficient (Wildman–Crippen LogP) is 1.72. The summed E-state index contributed by atoms with van der Waals surface area (Å²) in [6.07, 6.45) is 1.40. The van der Waals surface area contributed by atoms with Gasteiger partial charge >= 0.3 is 5.97 Å². The van der Waals surface area contributed by atoms with Crippen LogP contribution >= 0.6 is 0 Å². The number of carbonyl (C=O) groups excluding carboxylic acids is 1. The van der Waals surface area contributed by atoms with Gasteiger partial charge in [0.05, 0.1) is 5.92 Å². The maximum Gasteiger partial charge on any atom is 0.307 e. The molecule has 1 aliphatic rings. The second-order valence-corrected chi connectivity index (χ2v) is 7.01. The van der Waals surface area contributed by atoms with E-state index in [2.05, 4.69) is 10.7 Å². The van der Waals surface area contributed by atoms with E-state index in [4.69, 9.17) is 10.6 Å². The van der Waals surface area contributed by atoms with Crippen molar-refractivity contribution >= 4 is 11.9 Å². The number of hydrazine groups is 1. The zero-order valence-corrected chi connectivity index (χ0v) is 15.6. The number of aliphatic carboxylic acids is 1. The fourth-order valence-electron chi connectivity index (χ4n) is 3.55. The van der Waals surface area contributed by atoms with E-state index in [9.17, 15) is 14.7 Å². The average molecular weight is 383 g/mol. The van der Waals surface area contributed by atoms with Crippen LogP contribution in [0.5, 0.6) is 5.75 Å². The number of hydrogen-bond acceptors (Lipinski definition) is 5. The lowest BCUT2D eigenvalue weighted by Crippen LogP contribution is -2.29. The van der Waals surface area contributed by atoms with Crippen LogP contribution in [-0.2, 0) is 17.8 Å². The van der Waals surface area contributed by atoms with Crippen molar-refractivity contribution in [3.63, 3.8) is 0 Å². The Morgan fingerprint density at radius 1 is 1.21 bits per heavy atom. The topological polar surface area (TPSA) is 114 Å². The lowest BCUT2D eigenvalue weighted by atomic mass is 9.86. The van der Waals surface area contributed by atoms with Crippen LogP contribution in [0.15, 0.2) is 48.5 Å². The number of hydrogen-bond donors (Lipinski definition) is 4. The largest absolute Gasteiger partial charge is 0.489 e. The molecule has 1 aliphatic heterocycles. The Morgan fingerprint density at radius 2 is 2.00 bits per heavy atom. The molecule has 1 fully saturated rings. The quantitative estimate of drug-likeness (QED) is 0.314. The molecule has 0 radical (unpaired) electrons. The molecule has 0 aliphatic carbocycles. The summed E-state index contributed by atoms with van der Waals surface area (Å²) in [4.78, 5) is 23.3. The summed E-state index contributed by atoms with van der Waals surface area (Å²) in [5.74, 6) is 4.36. The van der Waals surface area contributed by atoms with Crippen molar-refractivity contribution in [1.82, 2.24) is 10.7 Å². The summed E-state index contributed by atoms with van der Waals surface area (Å²) < 4.78 is 5.79. The third-order valence-electron chi connectivity index (χ3n) is 5.06. The minimum absolute atomic E-state index is 0.161. The minimum atomic E-state index is -0.745. The lowest BCUT2D eigenvalue weighted by Gasteiger charge is -2.19. The highest BCUT2D eigenvalue weighted by Crippen LogP contribution is 2.24. The maximum atomic E-state index is 11.7. The standard InChI is InChI=1S/C21H25N3O4/c22-24-20(25)16-5-2-6-18(11-16)28-13-15-4-1-3-14(9-15)10-19(21(26)27)17-7-8-23-12-17/h1-6,9,11,17,19,23H,7-8,10,12-13,22H2,(H,24,25)(H,26,27)/t17-,19-/m0/s1. The fourth-order valence-corrected chi connectivity index (χ4v) is 3.55. The number of rotatable bonds is 8. The number of carbonyl (C=O) groups is 2. The third kappa shape index (κ3) is 5.09. The zero-order valence-electron chi connectivity index (χ0n) is 15.6. The van der Waals surface area contributed by atoms with Crippen molar-refractivity contribution in [2.45, 2.75) is 19.4 Å². The molecule has 0 bridgehead atoms. The summed E-state index contributed by atoms with van der Waals surface area (Å²) in [5.41, 5.74) is 4.44. The molecule has 3 rings (SSSR count). The van der Waals surface area contributed by atoms with E-state index >= 15 is 0 Å². The smallest absolute Gasteiger partial charge is 0.307 e. The van der Waals surface area contributed by atoms with E-state index < -0.39 is 11.9 Å². The molecule has 7 heteroatoms. The highest BCUT2D eigenvalue weighted by Gasteiger charge is 2.30. The van der Waals surface area contributed by atoms with Crippen LogP contribution in [0.3, 0.4) is 0 Å². The molecule has 1 amide bonds. The van der Waals surface area contributed by atoms with Gasteiger partial charge in [-0.2, -0.15) is 0 Å². The number of nitrogens with one attached hydrogen (secondary N) is 2. The summed E-state index contributed by atoms with van der Waals surface area (Å²) in [6, 6.07) is 14.6. The number of nitrogens with two attached hydrogens (primary N) is 1. The highest BCUT2D eigenvalue weighted by atomic mass is 16.5. The first kappa shape index (κ1) is 19.9. The van der Waals surface area contributed by atoms with Crippen molar-refractivity contribution in [3.8, 4) is 5.75 Å². The Morgan fingerprint density at radius 3 is 2.71 bits per heavy atom. The molecule has 148 valence electrons. The summed E-state index contributed by atoms with van der Waals surface area (Å²) >= 11 is 0. The minimum Gasteiger partial charge on any atom is -0.489 e. The van der Waals surface area contributed by atoms with E-state index in [-0.39, 0.29) is 11.8 Å². The Kier molecular flexibility index (Phi) is 6.62. The van der Waals surface area contributed by atoms with Gasteiger partial charge in [0.1, 0.15) is 12.4 Å². The van der Waals surface area contributed by atoms with Gasteiger partial charge in [-0.05, 0) is 61.2 Å². The number of benzene rings is 2. The zero-order chi connectivity index (χ0) is 19.9. The number of nitrogen functional groups attached to an aromatic ring is 1. The van der Waals surface area contributed by atoms with Crippen molar-refractivity contribution < 1.29 is 19.4 Å². The van der Waals surface area contributed by atoms with Crippen LogP contribution in [0.25, 0.3) is 0 Å². The Hall–Kier alpha value is -2.90. The predicted molar refractivity (Wildman–Crippen MR) is 105 cm³/mol. The van der Waals surface area contributed by atoms with Crippen molar-refractivity contribution in [2.75, 3.05) is 13.1 Å². The van der Waals surface area contributed by atoms with Gasteiger partial charge in [0.2, 0.25) is 0 Å². The van der Waals surface area contributed by atoms with Gasteiger partial charge in [-0.1, -0.05) is 30.3 Å². The molecule has 1 saturated heterocycles. The summed E-state index contributed by atoms with van der Waals surface area (Å²) in [5, 5.41) is 12.9. The van der Waals surface area contributed by atoms with Crippen LogP contribution in [0.2, 0.25) is 0 Å². The Labute approximate surface area is 163 Å². The number of amides is 1. The van der Waals surface area contributed by atoms with E-state index in [0.717, 1.165) is 30.6 Å². The molecule has 5 N–H and O–H groups in total. The van der Waals surface area contributed by atoms with Crippen LogP contribution in [-0.4, -0.2) is 30.1 Å². The lowest BCUT2D eigenvalue weighted by molar-refractivity contribution is -0.143. The van der Waals surface area contributed by atoms with Gasteiger partial charge in [-0.3, -0.25) is 15.0 Å². The number of ether oxygens (including phenoxy) is 1. The van der Waals surface area contributed by atoms with Gasteiger partial charge in [0.15, 0.2) is 0 Å². The first-order valence-electron chi connectivity index (χ1n) is 9.32. The van der Waals surface area contributed by atoms with Crippen molar-refractivity contribution in [2.24, 2.45) is 17.7 Å². The van der Waals surface area contributed by atoms with E-state index in [1.807, 2.05) is 24.3 Å². The van der Waals surface area contributed by atoms with E-state index in [1.54, 1.807) is 24.3 Å². The molecule has 7 nitrogen and oxygen atoms in total. The second kappa shape index (κ2) is 9.34. The molecule has 0 saturated carbocycles. The van der Waals surface area contributed by atoms with Gasteiger partial charge in [0.25, 0.3) is 5.91 Å². The molecular weight excluding hydrogens is 358 g/mol. The van der Waals surface area contributed by atoms with Gasteiger partial charge in [-0.15, -0.1) is 0 Å². The van der Waals surface area contributed by atoms with Gasteiger partial charge in [-0.25, -0.2) is 5.84 Å². The first-order valence-corrected chi connectivity index (χ1v) is 9.32. The Bertz CT molecular complexity index is 834.